The third-order valence-electron chi connectivity index (χ3n) is 1.27. The predicted molar refractivity (Wildman–Crippen MR) is 39.5 cm³/mol. The summed E-state index contributed by atoms with van der Waals surface area (Å²) in [5.41, 5.74) is 5.47. The summed E-state index contributed by atoms with van der Waals surface area (Å²) in [6.07, 6.45) is 2.19. The van der Waals surface area contributed by atoms with Crippen LogP contribution in [0.3, 0.4) is 0 Å². The molecule has 3 heteroatoms. The molecule has 10 heavy (non-hydrogen) atoms. The van der Waals surface area contributed by atoms with Gasteiger partial charge in [0.05, 0.1) is 7.11 Å². The molecule has 3 nitrogen and oxygen atoms in total. The summed E-state index contributed by atoms with van der Waals surface area (Å²) >= 11 is 0. The Hall–Kier alpha value is -0.570. The summed E-state index contributed by atoms with van der Waals surface area (Å²) in [6.45, 7) is 1.93. The summed E-state index contributed by atoms with van der Waals surface area (Å²) < 4.78 is 4.45. The molecule has 0 saturated heterocycles. The number of hydrogen-bond acceptors (Lipinski definition) is 3. The molecule has 0 bridgehead atoms. The maximum absolute atomic E-state index is 10.5. The number of nitrogens with two attached hydrogens (primary N) is 1. The molecule has 0 aliphatic heterocycles. The van der Waals surface area contributed by atoms with Crippen molar-refractivity contribution in [3.63, 3.8) is 0 Å². The summed E-state index contributed by atoms with van der Waals surface area (Å²) in [5.74, 6) is -0.152. The fourth-order valence-corrected chi connectivity index (χ4v) is 0.670. The zero-order chi connectivity index (χ0) is 7.98. The van der Waals surface area contributed by atoms with E-state index in [1.54, 1.807) is 0 Å². The predicted octanol–water partition coefficient (Wildman–Crippen LogP) is 0.677. The SMILES string of the molecule is COC(=O)CCCC(C)N. The summed E-state index contributed by atoms with van der Waals surface area (Å²) in [6, 6.07) is 0.185. The van der Waals surface area contributed by atoms with Crippen LogP contribution in [0.5, 0.6) is 0 Å². The van der Waals surface area contributed by atoms with Crippen LogP contribution in [0, 0.1) is 0 Å². The number of rotatable bonds is 4. The average Bonchev–Trinajstić information content (AvgIpc) is 1.87. The van der Waals surface area contributed by atoms with E-state index in [0.717, 1.165) is 12.8 Å². The van der Waals surface area contributed by atoms with Crippen molar-refractivity contribution < 1.29 is 9.53 Å². The van der Waals surface area contributed by atoms with Crippen molar-refractivity contribution in [3.8, 4) is 0 Å². The molecule has 0 aliphatic rings. The Balaban J connectivity index is 3.12. The van der Waals surface area contributed by atoms with Crippen LogP contribution in [0.25, 0.3) is 0 Å². The largest absolute Gasteiger partial charge is 0.469 e. The van der Waals surface area contributed by atoms with Crippen molar-refractivity contribution >= 4 is 5.97 Å². The molecular formula is C7H15NO2. The Morgan fingerprint density at radius 3 is 2.70 bits per heavy atom. The lowest BCUT2D eigenvalue weighted by Crippen LogP contribution is -2.14. The molecule has 0 fully saturated rings. The first-order chi connectivity index (χ1) is 4.66. The number of carbonyl (C=O) groups is 1. The molecule has 1 unspecified atom stereocenters. The molecule has 0 aromatic rings. The molecular weight excluding hydrogens is 130 g/mol. The van der Waals surface area contributed by atoms with Crippen LogP contribution in [0.4, 0.5) is 0 Å². The Morgan fingerprint density at radius 2 is 2.30 bits per heavy atom. The van der Waals surface area contributed by atoms with Crippen LogP contribution < -0.4 is 5.73 Å². The second kappa shape index (κ2) is 5.23. The molecule has 1 atom stereocenters. The fourth-order valence-electron chi connectivity index (χ4n) is 0.670. The maximum Gasteiger partial charge on any atom is 0.305 e. The minimum absolute atomic E-state index is 0.152. The Morgan fingerprint density at radius 1 is 1.70 bits per heavy atom. The number of hydrogen-bond donors (Lipinski definition) is 1. The van der Waals surface area contributed by atoms with Gasteiger partial charge in [-0.05, 0) is 19.8 Å². The first kappa shape index (κ1) is 9.43. The van der Waals surface area contributed by atoms with Gasteiger partial charge in [-0.25, -0.2) is 0 Å². The molecule has 0 heterocycles. The van der Waals surface area contributed by atoms with Gasteiger partial charge in [0.25, 0.3) is 0 Å². The van der Waals surface area contributed by atoms with E-state index in [1.807, 2.05) is 6.92 Å². The molecule has 0 spiro atoms. The highest BCUT2D eigenvalue weighted by molar-refractivity contribution is 5.68. The lowest BCUT2D eigenvalue weighted by Gasteiger charge is -2.02. The number of esters is 1. The van der Waals surface area contributed by atoms with Crippen molar-refractivity contribution in [3.05, 3.63) is 0 Å². The van der Waals surface area contributed by atoms with Gasteiger partial charge in [0.1, 0.15) is 0 Å². The third-order valence-corrected chi connectivity index (χ3v) is 1.27. The average molecular weight is 145 g/mol. The van der Waals surface area contributed by atoms with Crippen LogP contribution in [0.1, 0.15) is 26.2 Å². The van der Waals surface area contributed by atoms with Crippen molar-refractivity contribution in [1.29, 1.82) is 0 Å². The van der Waals surface area contributed by atoms with Crippen LogP contribution >= 0.6 is 0 Å². The van der Waals surface area contributed by atoms with E-state index in [4.69, 9.17) is 5.73 Å². The Bertz CT molecular complexity index is 102. The zero-order valence-corrected chi connectivity index (χ0v) is 6.59. The lowest BCUT2D eigenvalue weighted by atomic mass is 10.1. The fraction of sp³-hybridized carbons (Fsp3) is 0.857. The second-order valence-electron chi connectivity index (χ2n) is 2.45. The molecule has 0 amide bonds. The van der Waals surface area contributed by atoms with Gasteiger partial charge in [-0.15, -0.1) is 0 Å². The highest BCUT2D eigenvalue weighted by Crippen LogP contribution is 1.98. The first-order valence-corrected chi connectivity index (χ1v) is 3.49. The van der Waals surface area contributed by atoms with Crippen molar-refractivity contribution in [1.82, 2.24) is 0 Å². The van der Waals surface area contributed by atoms with Gasteiger partial charge < -0.3 is 10.5 Å². The van der Waals surface area contributed by atoms with Crippen LogP contribution in [-0.4, -0.2) is 19.1 Å². The molecule has 0 aromatic heterocycles. The van der Waals surface area contributed by atoms with Crippen LogP contribution in [0.2, 0.25) is 0 Å². The van der Waals surface area contributed by atoms with Crippen molar-refractivity contribution in [2.24, 2.45) is 5.73 Å². The molecule has 0 saturated carbocycles. The quantitative estimate of drug-likeness (QED) is 0.592. The van der Waals surface area contributed by atoms with Crippen molar-refractivity contribution in [2.45, 2.75) is 32.2 Å². The number of methoxy groups -OCH3 is 1. The maximum atomic E-state index is 10.5. The number of ether oxygens (including phenoxy) is 1. The normalized spacial score (nSPS) is 12.7. The Labute approximate surface area is 61.5 Å². The van der Waals surface area contributed by atoms with Gasteiger partial charge in [-0.1, -0.05) is 0 Å². The lowest BCUT2D eigenvalue weighted by molar-refractivity contribution is -0.140. The highest BCUT2D eigenvalue weighted by atomic mass is 16.5. The Kier molecular flexibility index (Phi) is 4.94. The molecule has 0 radical (unpaired) electrons. The van der Waals surface area contributed by atoms with Gasteiger partial charge in [-0.2, -0.15) is 0 Å². The molecule has 2 N–H and O–H groups in total. The number of carbonyl (C=O) groups excluding carboxylic acids is 1. The second-order valence-corrected chi connectivity index (χ2v) is 2.45. The van der Waals surface area contributed by atoms with Gasteiger partial charge in [0, 0.05) is 12.5 Å². The van der Waals surface area contributed by atoms with E-state index in [2.05, 4.69) is 4.74 Å². The van der Waals surface area contributed by atoms with E-state index >= 15 is 0 Å². The smallest absolute Gasteiger partial charge is 0.305 e. The van der Waals surface area contributed by atoms with Crippen molar-refractivity contribution in [2.75, 3.05) is 7.11 Å². The van der Waals surface area contributed by atoms with E-state index in [-0.39, 0.29) is 12.0 Å². The summed E-state index contributed by atoms with van der Waals surface area (Å²) in [7, 11) is 1.40. The highest BCUT2D eigenvalue weighted by Gasteiger charge is 2.00. The summed E-state index contributed by atoms with van der Waals surface area (Å²) in [4.78, 5) is 10.5. The summed E-state index contributed by atoms with van der Waals surface area (Å²) in [5, 5.41) is 0. The first-order valence-electron chi connectivity index (χ1n) is 3.49. The zero-order valence-electron chi connectivity index (χ0n) is 6.59. The minimum Gasteiger partial charge on any atom is -0.469 e. The van der Waals surface area contributed by atoms with Gasteiger partial charge in [0.15, 0.2) is 0 Å². The topological polar surface area (TPSA) is 52.3 Å². The minimum atomic E-state index is -0.152. The van der Waals surface area contributed by atoms with Gasteiger partial charge in [0.2, 0.25) is 0 Å². The van der Waals surface area contributed by atoms with E-state index in [1.165, 1.54) is 7.11 Å². The standard InChI is InChI=1S/C7H15NO2/c1-6(8)4-3-5-7(9)10-2/h6H,3-5,8H2,1-2H3. The molecule has 0 aromatic carbocycles. The van der Waals surface area contributed by atoms with E-state index < -0.39 is 0 Å². The monoisotopic (exact) mass is 145 g/mol. The van der Waals surface area contributed by atoms with Crippen LogP contribution in [-0.2, 0) is 9.53 Å². The van der Waals surface area contributed by atoms with Crippen LogP contribution in [0.15, 0.2) is 0 Å². The molecule has 60 valence electrons. The van der Waals surface area contributed by atoms with Gasteiger partial charge in [-0.3, -0.25) is 4.79 Å². The van der Waals surface area contributed by atoms with E-state index in [9.17, 15) is 4.79 Å². The van der Waals surface area contributed by atoms with Gasteiger partial charge >= 0.3 is 5.97 Å². The molecule has 0 aliphatic carbocycles. The molecule has 0 rings (SSSR count). The third kappa shape index (κ3) is 5.56. The van der Waals surface area contributed by atoms with E-state index in [0.29, 0.717) is 6.42 Å².